The highest BCUT2D eigenvalue weighted by atomic mass is 16.5. The molecule has 324 valence electrons. The average Bonchev–Trinajstić information content (AvgIpc) is 3.51. The van der Waals surface area contributed by atoms with Gasteiger partial charge in [-0.1, -0.05) is 129 Å². The summed E-state index contributed by atoms with van der Waals surface area (Å²) in [5.74, 6) is 1.85. The number of aliphatic hydroxyl groups is 3. The van der Waals surface area contributed by atoms with Crippen molar-refractivity contribution in [1.82, 2.24) is 4.90 Å². The molecule has 4 bridgehead atoms. The van der Waals surface area contributed by atoms with Crippen molar-refractivity contribution in [2.75, 3.05) is 26.2 Å². The molecule has 4 saturated carbocycles. The molecule has 0 heterocycles. The van der Waals surface area contributed by atoms with Gasteiger partial charge in [0.25, 0.3) is 0 Å². The Labute approximate surface area is 365 Å². The number of hydrogen-bond acceptors (Lipinski definition) is 6. The van der Waals surface area contributed by atoms with Crippen LogP contribution in [0.5, 0.6) is 0 Å². The van der Waals surface area contributed by atoms with Gasteiger partial charge in [-0.15, -0.1) is 0 Å². The van der Waals surface area contributed by atoms with Gasteiger partial charge in [0.15, 0.2) is 5.78 Å². The molecule has 6 aliphatic carbocycles. The minimum Gasteiger partial charge on any atom is -0.393 e. The SMILES string of the molecule is CC1=CCC[C@@]2(C)[C@@H](CC[C@@]2(O)CN(C[C@@H](O)COCc2ccccc2)C[C@@H]2CC[C@H]3C[C@@H]2C3(C)C)c2ccc(cc2C(=O)c2ccccc2-c2ccccc2)C[C@@H](O)CC1. The number of ketones is 1. The van der Waals surface area contributed by atoms with Gasteiger partial charge in [-0.2, -0.15) is 0 Å². The van der Waals surface area contributed by atoms with Gasteiger partial charge in [-0.05, 0) is 134 Å². The third kappa shape index (κ3) is 9.26. The number of aliphatic hydroxyl groups excluding tert-OH is 2. The molecule has 6 heteroatoms. The highest BCUT2D eigenvalue weighted by Crippen LogP contribution is 2.62. The Morgan fingerprint density at radius 2 is 1.61 bits per heavy atom. The zero-order valence-electron chi connectivity index (χ0n) is 37.1. The molecule has 0 radical (unpaired) electrons. The number of benzene rings is 4. The Kier molecular flexibility index (Phi) is 13.2. The van der Waals surface area contributed by atoms with E-state index in [2.05, 4.69) is 62.9 Å². The lowest BCUT2D eigenvalue weighted by atomic mass is 9.45. The van der Waals surface area contributed by atoms with E-state index in [1.54, 1.807) is 0 Å². The second kappa shape index (κ2) is 18.4. The van der Waals surface area contributed by atoms with E-state index in [0.29, 0.717) is 67.3 Å². The summed E-state index contributed by atoms with van der Waals surface area (Å²) in [6.45, 7) is 11.7. The average molecular weight is 824 g/mol. The molecular weight excluding hydrogens is 755 g/mol. The van der Waals surface area contributed by atoms with Gasteiger partial charge in [0.2, 0.25) is 0 Å². The van der Waals surface area contributed by atoms with E-state index < -0.39 is 23.2 Å². The summed E-state index contributed by atoms with van der Waals surface area (Å²) in [4.78, 5) is 17.6. The fourth-order valence-corrected chi connectivity index (χ4v) is 12.2. The number of fused-ring (bicyclic) bond motifs is 10. The van der Waals surface area contributed by atoms with Gasteiger partial charge in [0.05, 0.1) is 31.0 Å². The smallest absolute Gasteiger partial charge is 0.193 e. The molecule has 0 amide bonds. The summed E-state index contributed by atoms with van der Waals surface area (Å²) in [6.07, 6.45) is 9.65. The van der Waals surface area contributed by atoms with Crippen LogP contribution in [0.4, 0.5) is 0 Å². The van der Waals surface area contributed by atoms with Crippen molar-refractivity contribution >= 4 is 5.78 Å². The first-order valence-electron chi connectivity index (χ1n) is 23.2. The summed E-state index contributed by atoms with van der Waals surface area (Å²) in [5.41, 5.74) is 6.17. The number of carbonyl (C=O) groups excluding carboxylic acids is 1. The molecule has 4 fully saturated rings. The summed E-state index contributed by atoms with van der Waals surface area (Å²) in [7, 11) is 0. The Hall–Kier alpha value is -3.91. The van der Waals surface area contributed by atoms with Crippen molar-refractivity contribution in [3.05, 3.63) is 143 Å². The Balaban J connectivity index is 1.14. The fourth-order valence-electron chi connectivity index (χ4n) is 12.2. The van der Waals surface area contributed by atoms with Gasteiger partial charge in [0, 0.05) is 36.2 Å². The molecule has 0 aliphatic heterocycles. The first-order chi connectivity index (χ1) is 29.3. The fraction of sp³-hybridized carbons (Fsp3) is 0.509. The summed E-state index contributed by atoms with van der Waals surface area (Å²) < 4.78 is 6.08. The number of ether oxygens (including phenoxy) is 1. The van der Waals surface area contributed by atoms with Gasteiger partial charge in [-0.25, -0.2) is 0 Å². The Bertz CT molecular complexity index is 2150. The largest absolute Gasteiger partial charge is 0.393 e. The van der Waals surface area contributed by atoms with Gasteiger partial charge >= 0.3 is 0 Å². The minimum atomic E-state index is -1.08. The number of nitrogens with zero attached hydrogens (tertiary/aromatic N) is 1. The van der Waals surface area contributed by atoms with E-state index in [9.17, 15) is 15.3 Å². The van der Waals surface area contributed by atoms with Crippen LogP contribution in [0.2, 0.25) is 0 Å². The van der Waals surface area contributed by atoms with Crippen LogP contribution in [-0.2, 0) is 17.8 Å². The van der Waals surface area contributed by atoms with Crippen LogP contribution < -0.4 is 0 Å². The highest BCUT2D eigenvalue weighted by molar-refractivity contribution is 6.13. The van der Waals surface area contributed by atoms with E-state index in [4.69, 9.17) is 4.74 Å². The summed E-state index contributed by atoms with van der Waals surface area (Å²) in [6, 6.07) is 34.4. The van der Waals surface area contributed by atoms with Crippen molar-refractivity contribution < 1.29 is 24.9 Å². The molecule has 0 spiro atoms. The van der Waals surface area contributed by atoms with Crippen LogP contribution in [0, 0.1) is 28.6 Å². The van der Waals surface area contributed by atoms with Crippen LogP contribution in [0.15, 0.2) is 115 Å². The van der Waals surface area contributed by atoms with E-state index >= 15 is 4.79 Å². The van der Waals surface area contributed by atoms with Gasteiger partial charge in [-0.3, -0.25) is 9.69 Å². The molecular formula is C55H69NO5. The van der Waals surface area contributed by atoms with E-state index in [-0.39, 0.29) is 18.3 Å². The predicted molar refractivity (Wildman–Crippen MR) is 245 cm³/mol. The molecule has 0 saturated heterocycles. The topological polar surface area (TPSA) is 90.2 Å². The number of rotatable bonds is 13. The van der Waals surface area contributed by atoms with E-state index in [1.165, 1.54) is 24.8 Å². The molecule has 61 heavy (non-hydrogen) atoms. The molecule has 6 aliphatic rings. The quantitative estimate of drug-likeness (QED) is 0.0919. The lowest BCUT2D eigenvalue weighted by Gasteiger charge is -2.61. The first kappa shape index (κ1) is 43.7. The molecule has 0 aromatic heterocycles. The van der Waals surface area contributed by atoms with Gasteiger partial charge in [0.1, 0.15) is 0 Å². The number of carbonyl (C=O) groups is 1. The molecule has 6 nitrogen and oxygen atoms in total. The van der Waals surface area contributed by atoms with E-state index in [0.717, 1.165) is 66.0 Å². The standard InChI is InChI=1S/C55H69NO5/c1-38-14-13-28-54(4)50(47-26-22-40(30-44(57)25-21-38)31-49(47)52(59)48-20-12-11-19-46(48)41-17-9-6-10-18-41)27-29-55(54,60)37-56(33-42-23-24-43-32-51(42)53(43,2)3)34-45(58)36-61-35-39-15-7-5-8-16-39/h5-12,14-20,22,26,31,42-45,50-51,57-58,60H,13,21,23-25,27-30,32-37H2,1-4H3/t42-,43-,44-,45+,50-,51-,54-,55+/m0/s1. The van der Waals surface area contributed by atoms with E-state index in [1.807, 2.05) is 78.9 Å². The molecule has 0 unspecified atom stereocenters. The maximum atomic E-state index is 15.2. The first-order valence-corrected chi connectivity index (χ1v) is 23.2. The molecule has 4 aromatic carbocycles. The van der Waals surface area contributed by atoms with Gasteiger partial charge < -0.3 is 20.1 Å². The monoisotopic (exact) mass is 824 g/mol. The highest BCUT2D eigenvalue weighted by Gasteiger charge is 2.58. The van der Waals surface area contributed by atoms with Crippen LogP contribution >= 0.6 is 0 Å². The number of hydrogen-bond donors (Lipinski definition) is 3. The zero-order valence-corrected chi connectivity index (χ0v) is 37.1. The van der Waals surface area contributed by atoms with Crippen LogP contribution in [0.1, 0.15) is 124 Å². The van der Waals surface area contributed by atoms with Crippen LogP contribution in [0.25, 0.3) is 11.1 Å². The molecule has 4 aromatic rings. The zero-order chi connectivity index (χ0) is 42.8. The third-order valence-corrected chi connectivity index (χ3v) is 16.0. The number of allylic oxidation sites excluding steroid dienone is 2. The third-order valence-electron chi connectivity index (χ3n) is 16.0. The summed E-state index contributed by atoms with van der Waals surface area (Å²) >= 11 is 0. The maximum Gasteiger partial charge on any atom is 0.193 e. The Morgan fingerprint density at radius 3 is 2.36 bits per heavy atom. The predicted octanol–water partition coefficient (Wildman–Crippen LogP) is 10.6. The summed E-state index contributed by atoms with van der Waals surface area (Å²) in [5, 5.41) is 36.3. The Morgan fingerprint density at radius 1 is 0.869 bits per heavy atom. The molecule has 10 rings (SSSR count). The lowest BCUT2D eigenvalue weighted by Crippen LogP contribution is -2.58. The van der Waals surface area contributed by atoms with Crippen LogP contribution in [-0.4, -0.2) is 70.1 Å². The normalized spacial score (nSPS) is 29.0. The molecule has 8 atom stereocenters. The van der Waals surface area contributed by atoms with Crippen molar-refractivity contribution in [2.45, 2.75) is 122 Å². The second-order valence-corrected chi connectivity index (χ2v) is 20.2. The minimum absolute atomic E-state index is 0.0228. The lowest BCUT2D eigenvalue weighted by molar-refractivity contribution is -0.127. The maximum absolute atomic E-state index is 15.2. The van der Waals surface area contributed by atoms with Crippen molar-refractivity contribution in [3.8, 4) is 11.1 Å². The van der Waals surface area contributed by atoms with Crippen molar-refractivity contribution in [3.63, 3.8) is 0 Å². The van der Waals surface area contributed by atoms with Crippen molar-refractivity contribution in [2.24, 2.45) is 28.6 Å². The molecule has 3 N–H and O–H groups in total. The second-order valence-electron chi connectivity index (χ2n) is 20.2. The van der Waals surface area contributed by atoms with Crippen LogP contribution in [0.3, 0.4) is 0 Å². The van der Waals surface area contributed by atoms with Crippen molar-refractivity contribution in [1.29, 1.82) is 0 Å².